The number of rotatable bonds is 4. The summed E-state index contributed by atoms with van der Waals surface area (Å²) in [6, 6.07) is 10.2. The monoisotopic (exact) mass is 287 g/mol. The van der Waals surface area contributed by atoms with Gasteiger partial charge in [-0.05, 0) is 42.7 Å². The van der Waals surface area contributed by atoms with Gasteiger partial charge >= 0.3 is 0 Å². The van der Waals surface area contributed by atoms with Gasteiger partial charge in [0.15, 0.2) is 0 Å². The number of hydrogen-bond acceptors (Lipinski definition) is 2. The number of benzene rings is 1. The summed E-state index contributed by atoms with van der Waals surface area (Å²) in [5.41, 5.74) is 0.992. The van der Waals surface area contributed by atoms with E-state index in [2.05, 4.69) is 0 Å². The minimum absolute atomic E-state index is 0.161. The number of hydrogen-bond donors (Lipinski definition) is 0. The van der Waals surface area contributed by atoms with Crippen molar-refractivity contribution in [3.63, 3.8) is 0 Å². The van der Waals surface area contributed by atoms with Gasteiger partial charge < -0.3 is 9.32 Å². The van der Waals surface area contributed by atoms with Gasteiger partial charge in [-0.15, -0.1) is 0 Å². The van der Waals surface area contributed by atoms with Crippen LogP contribution in [0.3, 0.4) is 0 Å². The van der Waals surface area contributed by atoms with Crippen molar-refractivity contribution < 1.29 is 13.6 Å². The average molecular weight is 287 g/mol. The van der Waals surface area contributed by atoms with Crippen LogP contribution in [0.1, 0.15) is 30.1 Å². The maximum Gasteiger partial charge on any atom is 0.222 e. The van der Waals surface area contributed by atoms with Crippen molar-refractivity contribution in [1.82, 2.24) is 4.90 Å². The van der Waals surface area contributed by atoms with Crippen molar-refractivity contribution in [3.8, 4) is 0 Å². The van der Waals surface area contributed by atoms with Crippen LogP contribution in [-0.2, 0) is 11.2 Å². The van der Waals surface area contributed by atoms with Gasteiger partial charge in [0.05, 0.1) is 6.26 Å². The Bertz CT molecular complexity index is 592. The van der Waals surface area contributed by atoms with Gasteiger partial charge in [0.25, 0.3) is 0 Å². The highest BCUT2D eigenvalue weighted by atomic mass is 19.1. The van der Waals surface area contributed by atoms with E-state index < -0.39 is 0 Å². The van der Waals surface area contributed by atoms with Gasteiger partial charge in [0.2, 0.25) is 5.91 Å². The SMILES string of the molecule is O=C(CCc1ccc(F)cc1)N1CCC(c2ccco2)C1. The standard InChI is InChI=1S/C17H18FNO2/c18-15-6-3-13(4-7-15)5-8-17(20)19-10-9-14(12-19)16-2-1-11-21-16/h1-4,6-7,11,14H,5,8-10,12H2. The molecule has 0 bridgehead atoms. The zero-order valence-electron chi connectivity index (χ0n) is 11.8. The van der Waals surface area contributed by atoms with E-state index >= 15 is 0 Å². The van der Waals surface area contributed by atoms with E-state index in [4.69, 9.17) is 4.42 Å². The maximum absolute atomic E-state index is 12.8. The van der Waals surface area contributed by atoms with Gasteiger partial charge in [-0.2, -0.15) is 0 Å². The number of amides is 1. The third-order valence-electron chi connectivity index (χ3n) is 4.03. The Balaban J connectivity index is 1.51. The first-order chi connectivity index (χ1) is 10.2. The second-order valence-electron chi connectivity index (χ2n) is 5.47. The number of nitrogens with zero attached hydrogens (tertiary/aromatic N) is 1. The molecule has 4 heteroatoms. The highest BCUT2D eigenvalue weighted by Gasteiger charge is 2.28. The highest BCUT2D eigenvalue weighted by molar-refractivity contribution is 5.76. The molecular weight excluding hydrogens is 269 g/mol. The van der Waals surface area contributed by atoms with Crippen LogP contribution in [0.25, 0.3) is 0 Å². The Morgan fingerprint density at radius 1 is 1.29 bits per heavy atom. The lowest BCUT2D eigenvalue weighted by atomic mass is 10.1. The Labute approximate surface area is 123 Å². The number of carbonyl (C=O) groups is 1. The fourth-order valence-corrected chi connectivity index (χ4v) is 2.80. The fourth-order valence-electron chi connectivity index (χ4n) is 2.80. The van der Waals surface area contributed by atoms with Crippen LogP contribution in [0.15, 0.2) is 47.1 Å². The van der Waals surface area contributed by atoms with Gasteiger partial charge in [-0.1, -0.05) is 12.1 Å². The van der Waals surface area contributed by atoms with Crippen LogP contribution < -0.4 is 0 Å². The third kappa shape index (κ3) is 3.32. The van der Waals surface area contributed by atoms with Crippen LogP contribution in [0.2, 0.25) is 0 Å². The topological polar surface area (TPSA) is 33.5 Å². The lowest BCUT2D eigenvalue weighted by molar-refractivity contribution is -0.130. The molecule has 1 aliphatic rings. The molecule has 1 aliphatic heterocycles. The van der Waals surface area contributed by atoms with E-state index in [0.29, 0.717) is 18.8 Å². The summed E-state index contributed by atoms with van der Waals surface area (Å²) in [5, 5.41) is 0. The number of aryl methyl sites for hydroxylation is 1. The fraction of sp³-hybridized carbons (Fsp3) is 0.353. The first-order valence-electron chi connectivity index (χ1n) is 7.28. The summed E-state index contributed by atoms with van der Waals surface area (Å²) in [5.74, 6) is 1.19. The molecule has 21 heavy (non-hydrogen) atoms. The third-order valence-corrected chi connectivity index (χ3v) is 4.03. The molecule has 0 saturated carbocycles. The van der Waals surface area contributed by atoms with Crippen molar-refractivity contribution in [2.24, 2.45) is 0 Å². The van der Waals surface area contributed by atoms with Crippen molar-refractivity contribution in [2.75, 3.05) is 13.1 Å². The Morgan fingerprint density at radius 2 is 2.10 bits per heavy atom. The molecule has 1 atom stereocenters. The predicted molar refractivity (Wildman–Crippen MR) is 77.4 cm³/mol. The van der Waals surface area contributed by atoms with E-state index in [-0.39, 0.29) is 11.7 Å². The van der Waals surface area contributed by atoms with Crippen molar-refractivity contribution in [2.45, 2.75) is 25.2 Å². The zero-order valence-corrected chi connectivity index (χ0v) is 11.8. The van der Waals surface area contributed by atoms with Crippen molar-refractivity contribution >= 4 is 5.91 Å². The molecule has 1 amide bonds. The van der Waals surface area contributed by atoms with E-state index in [9.17, 15) is 9.18 Å². The molecule has 1 aromatic carbocycles. The van der Waals surface area contributed by atoms with Gasteiger partial charge in [-0.3, -0.25) is 4.79 Å². The molecule has 2 aromatic rings. The van der Waals surface area contributed by atoms with Crippen LogP contribution in [0, 0.1) is 5.82 Å². The van der Waals surface area contributed by atoms with Crippen LogP contribution in [-0.4, -0.2) is 23.9 Å². The molecule has 1 fully saturated rings. The summed E-state index contributed by atoms with van der Waals surface area (Å²) < 4.78 is 18.2. The van der Waals surface area contributed by atoms with Gasteiger partial charge in [0, 0.05) is 25.4 Å². The molecule has 110 valence electrons. The summed E-state index contributed by atoms with van der Waals surface area (Å²) in [6.45, 7) is 1.52. The smallest absolute Gasteiger partial charge is 0.222 e. The minimum atomic E-state index is -0.245. The molecular formula is C17H18FNO2. The summed E-state index contributed by atoms with van der Waals surface area (Å²) in [7, 11) is 0. The number of carbonyl (C=O) groups excluding carboxylic acids is 1. The molecule has 0 radical (unpaired) electrons. The molecule has 1 unspecified atom stereocenters. The second kappa shape index (κ2) is 6.12. The summed E-state index contributed by atoms with van der Waals surface area (Å²) >= 11 is 0. The largest absolute Gasteiger partial charge is 0.469 e. The van der Waals surface area contributed by atoms with Crippen molar-refractivity contribution in [3.05, 3.63) is 59.8 Å². The van der Waals surface area contributed by atoms with Gasteiger partial charge in [0.1, 0.15) is 11.6 Å². The Morgan fingerprint density at radius 3 is 2.81 bits per heavy atom. The molecule has 3 nitrogen and oxygen atoms in total. The second-order valence-corrected chi connectivity index (χ2v) is 5.47. The minimum Gasteiger partial charge on any atom is -0.469 e. The molecule has 2 heterocycles. The zero-order chi connectivity index (χ0) is 14.7. The van der Waals surface area contributed by atoms with E-state index in [1.807, 2.05) is 17.0 Å². The Kier molecular flexibility index (Phi) is 4.04. The lowest BCUT2D eigenvalue weighted by Crippen LogP contribution is -2.28. The number of likely N-dealkylation sites (tertiary alicyclic amines) is 1. The first kappa shape index (κ1) is 13.9. The summed E-state index contributed by atoms with van der Waals surface area (Å²) in [6.07, 6.45) is 3.75. The molecule has 1 aromatic heterocycles. The molecule has 1 saturated heterocycles. The highest BCUT2D eigenvalue weighted by Crippen LogP contribution is 2.27. The Hall–Kier alpha value is -2.10. The van der Waals surface area contributed by atoms with Crippen LogP contribution >= 0.6 is 0 Å². The predicted octanol–water partition coefficient (Wildman–Crippen LogP) is 3.37. The quantitative estimate of drug-likeness (QED) is 0.864. The lowest BCUT2D eigenvalue weighted by Gasteiger charge is -2.16. The molecule has 0 aliphatic carbocycles. The molecule has 0 spiro atoms. The van der Waals surface area contributed by atoms with Crippen LogP contribution in [0.4, 0.5) is 4.39 Å². The number of halogens is 1. The number of furan rings is 1. The maximum atomic E-state index is 12.8. The van der Waals surface area contributed by atoms with E-state index in [1.54, 1.807) is 18.4 Å². The molecule has 0 N–H and O–H groups in total. The molecule has 3 rings (SSSR count). The average Bonchev–Trinajstić information content (AvgIpc) is 3.17. The first-order valence-corrected chi connectivity index (χ1v) is 7.28. The van der Waals surface area contributed by atoms with E-state index in [1.165, 1.54) is 12.1 Å². The normalized spacial score (nSPS) is 18.1. The van der Waals surface area contributed by atoms with Gasteiger partial charge in [-0.25, -0.2) is 4.39 Å². The van der Waals surface area contributed by atoms with Crippen molar-refractivity contribution in [1.29, 1.82) is 0 Å². The van der Waals surface area contributed by atoms with Crippen LogP contribution in [0.5, 0.6) is 0 Å². The summed E-state index contributed by atoms with van der Waals surface area (Å²) in [4.78, 5) is 14.1. The van der Waals surface area contributed by atoms with E-state index in [0.717, 1.165) is 30.8 Å².